The van der Waals surface area contributed by atoms with Crippen LogP contribution in [0, 0.1) is 0 Å². The third kappa shape index (κ3) is 3.08. The molecular weight excluding hydrogens is 260 g/mol. The molecule has 21 heavy (non-hydrogen) atoms. The van der Waals surface area contributed by atoms with Gasteiger partial charge in [0.15, 0.2) is 0 Å². The van der Waals surface area contributed by atoms with E-state index in [9.17, 15) is 0 Å². The van der Waals surface area contributed by atoms with Crippen LogP contribution in [0.1, 0.15) is 47.9 Å². The SMILES string of the molecule is COc1ccc(CC(N)c2ccccc2C2CCC2)cn1. The molecule has 0 aliphatic heterocycles. The van der Waals surface area contributed by atoms with E-state index in [4.69, 9.17) is 10.5 Å². The first kappa shape index (κ1) is 14.1. The Morgan fingerprint density at radius 1 is 1.24 bits per heavy atom. The number of aromatic nitrogens is 1. The number of nitrogens with zero attached hydrogens (tertiary/aromatic N) is 1. The molecule has 3 nitrogen and oxygen atoms in total. The summed E-state index contributed by atoms with van der Waals surface area (Å²) in [6, 6.07) is 12.6. The minimum absolute atomic E-state index is 0.0250. The Balaban J connectivity index is 1.76. The molecule has 1 fully saturated rings. The molecule has 2 aromatic rings. The summed E-state index contributed by atoms with van der Waals surface area (Å²) in [5, 5.41) is 0. The second-order valence-corrected chi connectivity index (χ2v) is 5.78. The van der Waals surface area contributed by atoms with E-state index < -0.39 is 0 Å². The van der Waals surface area contributed by atoms with E-state index in [0.29, 0.717) is 11.8 Å². The fourth-order valence-corrected chi connectivity index (χ4v) is 2.96. The predicted octanol–water partition coefficient (Wildman–Crippen LogP) is 3.60. The third-order valence-electron chi connectivity index (χ3n) is 4.40. The zero-order valence-electron chi connectivity index (χ0n) is 12.5. The van der Waals surface area contributed by atoms with Crippen LogP contribution < -0.4 is 10.5 Å². The molecule has 1 aliphatic carbocycles. The molecule has 1 aromatic heterocycles. The van der Waals surface area contributed by atoms with Crippen LogP contribution >= 0.6 is 0 Å². The van der Waals surface area contributed by atoms with E-state index >= 15 is 0 Å². The largest absolute Gasteiger partial charge is 0.481 e. The van der Waals surface area contributed by atoms with E-state index in [1.165, 1.54) is 30.4 Å². The zero-order chi connectivity index (χ0) is 14.7. The molecule has 0 bridgehead atoms. The maximum Gasteiger partial charge on any atom is 0.212 e. The summed E-state index contributed by atoms with van der Waals surface area (Å²) in [5.41, 5.74) is 10.3. The first-order chi connectivity index (χ1) is 10.3. The number of hydrogen-bond donors (Lipinski definition) is 1. The van der Waals surface area contributed by atoms with Crippen molar-refractivity contribution in [1.82, 2.24) is 4.98 Å². The Bertz CT molecular complexity index is 590. The Hall–Kier alpha value is -1.87. The Morgan fingerprint density at radius 2 is 2.05 bits per heavy atom. The molecule has 3 heteroatoms. The molecule has 1 atom stereocenters. The van der Waals surface area contributed by atoms with Crippen molar-refractivity contribution in [3.63, 3.8) is 0 Å². The molecule has 0 radical (unpaired) electrons. The summed E-state index contributed by atoms with van der Waals surface area (Å²) in [5.74, 6) is 1.35. The van der Waals surface area contributed by atoms with Gasteiger partial charge in [0.1, 0.15) is 0 Å². The number of benzene rings is 1. The maximum absolute atomic E-state index is 6.46. The molecule has 2 N–H and O–H groups in total. The summed E-state index contributed by atoms with van der Waals surface area (Å²) in [6.07, 6.45) is 6.60. The Kier molecular flexibility index (Phi) is 4.20. The van der Waals surface area contributed by atoms with E-state index in [2.05, 4.69) is 29.2 Å². The number of methoxy groups -OCH3 is 1. The quantitative estimate of drug-likeness (QED) is 0.911. The highest BCUT2D eigenvalue weighted by Crippen LogP contribution is 2.39. The Labute approximate surface area is 126 Å². The highest BCUT2D eigenvalue weighted by atomic mass is 16.5. The average Bonchev–Trinajstić information content (AvgIpc) is 2.47. The van der Waals surface area contributed by atoms with Crippen LogP contribution in [0.4, 0.5) is 0 Å². The van der Waals surface area contributed by atoms with Gasteiger partial charge in [-0.25, -0.2) is 4.98 Å². The van der Waals surface area contributed by atoms with E-state index in [-0.39, 0.29) is 6.04 Å². The maximum atomic E-state index is 6.46. The molecule has 0 spiro atoms. The van der Waals surface area contributed by atoms with Gasteiger partial charge in [0.25, 0.3) is 0 Å². The minimum Gasteiger partial charge on any atom is -0.481 e. The van der Waals surface area contributed by atoms with Crippen molar-refractivity contribution < 1.29 is 4.74 Å². The summed E-state index contributed by atoms with van der Waals surface area (Å²) in [6.45, 7) is 0. The van der Waals surface area contributed by atoms with E-state index in [0.717, 1.165) is 12.0 Å². The lowest BCUT2D eigenvalue weighted by Gasteiger charge is -2.29. The molecule has 3 rings (SSSR count). The lowest BCUT2D eigenvalue weighted by molar-refractivity contribution is 0.397. The summed E-state index contributed by atoms with van der Waals surface area (Å²) >= 11 is 0. The molecule has 1 heterocycles. The number of pyridine rings is 1. The zero-order valence-corrected chi connectivity index (χ0v) is 12.5. The van der Waals surface area contributed by atoms with Gasteiger partial charge in [-0.15, -0.1) is 0 Å². The summed E-state index contributed by atoms with van der Waals surface area (Å²) in [4.78, 5) is 4.25. The highest BCUT2D eigenvalue weighted by molar-refractivity contribution is 5.35. The lowest BCUT2D eigenvalue weighted by atomic mass is 9.77. The van der Waals surface area contributed by atoms with Crippen molar-refractivity contribution in [2.75, 3.05) is 7.11 Å². The van der Waals surface area contributed by atoms with Gasteiger partial charge in [0, 0.05) is 18.3 Å². The van der Waals surface area contributed by atoms with Gasteiger partial charge in [-0.2, -0.15) is 0 Å². The first-order valence-corrected chi connectivity index (χ1v) is 7.61. The van der Waals surface area contributed by atoms with Gasteiger partial charge in [-0.1, -0.05) is 36.8 Å². The molecule has 110 valence electrons. The first-order valence-electron chi connectivity index (χ1n) is 7.61. The minimum atomic E-state index is 0.0250. The average molecular weight is 282 g/mol. The van der Waals surface area contributed by atoms with Gasteiger partial charge in [-0.05, 0) is 41.9 Å². The topological polar surface area (TPSA) is 48.1 Å². The van der Waals surface area contributed by atoms with Crippen molar-refractivity contribution in [3.8, 4) is 5.88 Å². The van der Waals surface area contributed by atoms with Gasteiger partial charge < -0.3 is 10.5 Å². The van der Waals surface area contributed by atoms with Crippen LogP contribution in [-0.2, 0) is 6.42 Å². The van der Waals surface area contributed by atoms with Gasteiger partial charge in [0.2, 0.25) is 5.88 Å². The van der Waals surface area contributed by atoms with Crippen molar-refractivity contribution >= 4 is 0 Å². The summed E-state index contributed by atoms with van der Waals surface area (Å²) < 4.78 is 5.09. The van der Waals surface area contributed by atoms with Crippen LogP contribution in [0.25, 0.3) is 0 Å². The Morgan fingerprint density at radius 3 is 2.67 bits per heavy atom. The lowest BCUT2D eigenvalue weighted by Crippen LogP contribution is -2.19. The van der Waals surface area contributed by atoms with Crippen LogP contribution in [0.2, 0.25) is 0 Å². The number of rotatable bonds is 5. The fourth-order valence-electron chi connectivity index (χ4n) is 2.96. The molecule has 0 saturated heterocycles. The standard InChI is InChI=1S/C18H22N2O/c1-21-18-10-9-13(12-20-18)11-17(19)16-8-3-2-7-15(16)14-5-4-6-14/h2-3,7-10,12,14,17H,4-6,11,19H2,1H3. The predicted molar refractivity (Wildman–Crippen MR) is 84.5 cm³/mol. The fraction of sp³-hybridized carbons (Fsp3) is 0.389. The highest BCUT2D eigenvalue weighted by Gasteiger charge is 2.23. The second kappa shape index (κ2) is 6.27. The van der Waals surface area contributed by atoms with Gasteiger partial charge in [0.05, 0.1) is 7.11 Å². The van der Waals surface area contributed by atoms with Crippen molar-refractivity contribution in [1.29, 1.82) is 0 Å². The van der Waals surface area contributed by atoms with Crippen molar-refractivity contribution in [3.05, 3.63) is 59.3 Å². The normalized spacial score (nSPS) is 16.3. The second-order valence-electron chi connectivity index (χ2n) is 5.78. The molecule has 0 amide bonds. The smallest absolute Gasteiger partial charge is 0.212 e. The number of ether oxygens (including phenoxy) is 1. The van der Waals surface area contributed by atoms with Crippen LogP contribution in [0.5, 0.6) is 5.88 Å². The molecule has 1 unspecified atom stereocenters. The molecular formula is C18H22N2O. The van der Waals surface area contributed by atoms with E-state index in [1.807, 2.05) is 18.3 Å². The molecule has 1 aliphatic rings. The number of hydrogen-bond acceptors (Lipinski definition) is 3. The molecule has 1 aromatic carbocycles. The van der Waals surface area contributed by atoms with Crippen molar-refractivity contribution in [2.45, 2.75) is 37.6 Å². The van der Waals surface area contributed by atoms with Crippen LogP contribution in [-0.4, -0.2) is 12.1 Å². The molecule has 1 saturated carbocycles. The van der Waals surface area contributed by atoms with Gasteiger partial charge in [-0.3, -0.25) is 0 Å². The summed E-state index contributed by atoms with van der Waals surface area (Å²) in [7, 11) is 1.63. The van der Waals surface area contributed by atoms with Crippen molar-refractivity contribution in [2.24, 2.45) is 5.73 Å². The van der Waals surface area contributed by atoms with Gasteiger partial charge >= 0.3 is 0 Å². The van der Waals surface area contributed by atoms with E-state index in [1.54, 1.807) is 7.11 Å². The number of nitrogens with two attached hydrogens (primary N) is 1. The third-order valence-corrected chi connectivity index (χ3v) is 4.40. The van der Waals surface area contributed by atoms with Crippen LogP contribution in [0.3, 0.4) is 0 Å². The van der Waals surface area contributed by atoms with Crippen LogP contribution in [0.15, 0.2) is 42.6 Å². The monoisotopic (exact) mass is 282 g/mol.